The number of hydrogen-bond donors (Lipinski definition) is 3. The topological polar surface area (TPSA) is 81.7 Å². The summed E-state index contributed by atoms with van der Waals surface area (Å²) in [5.41, 5.74) is 0. The third-order valence-corrected chi connectivity index (χ3v) is 1.75. The Labute approximate surface area is 83.3 Å². The van der Waals surface area contributed by atoms with Crippen molar-refractivity contribution in [3.8, 4) is 0 Å². The zero-order valence-corrected chi connectivity index (χ0v) is 8.70. The molecule has 2 amide bonds. The van der Waals surface area contributed by atoms with Crippen LogP contribution in [0.2, 0.25) is 0 Å². The molecule has 0 aromatic carbocycles. The second-order valence-electron chi connectivity index (χ2n) is 3.03. The lowest BCUT2D eigenvalue weighted by molar-refractivity contribution is -0.138. The molecule has 0 aliphatic heterocycles. The fourth-order valence-electron chi connectivity index (χ4n) is 0.738. The van der Waals surface area contributed by atoms with Gasteiger partial charge in [0.2, 0.25) is 0 Å². The third-order valence-electron chi connectivity index (χ3n) is 1.75. The first kappa shape index (κ1) is 12.7. The lowest BCUT2D eigenvalue weighted by atomic mass is 10.3. The van der Waals surface area contributed by atoms with E-state index in [1.54, 1.807) is 14.1 Å². The predicted molar refractivity (Wildman–Crippen MR) is 52.2 cm³/mol. The Kier molecular flexibility index (Phi) is 5.62. The number of nitrogens with zero attached hydrogens (tertiary/aromatic N) is 1. The number of aliphatic carboxylic acids is 1. The monoisotopic (exact) mass is 203 g/mol. The van der Waals surface area contributed by atoms with Crippen LogP contribution in [-0.2, 0) is 4.79 Å². The van der Waals surface area contributed by atoms with E-state index in [4.69, 9.17) is 5.11 Å². The van der Waals surface area contributed by atoms with Crippen molar-refractivity contribution in [2.75, 3.05) is 27.2 Å². The van der Waals surface area contributed by atoms with Crippen molar-refractivity contribution in [1.29, 1.82) is 0 Å². The van der Waals surface area contributed by atoms with Gasteiger partial charge in [0.05, 0.1) is 0 Å². The molecule has 0 aromatic rings. The Morgan fingerprint density at radius 2 is 2.07 bits per heavy atom. The molecular weight excluding hydrogens is 186 g/mol. The van der Waals surface area contributed by atoms with Gasteiger partial charge in [0.15, 0.2) is 0 Å². The molecule has 0 aliphatic carbocycles. The Morgan fingerprint density at radius 3 is 2.50 bits per heavy atom. The zero-order chi connectivity index (χ0) is 11.1. The van der Waals surface area contributed by atoms with E-state index in [1.165, 1.54) is 11.8 Å². The first-order valence-electron chi connectivity index (χ1n) is 4.38. The van der Waals surface area contributed by atoms with E-state index in [0.29, 0.717) is 13.1 Å². The molecule has 0 spiro atoms. The summed E-state index contributed by atoms with van der Waals surface area (Å²) in [6.45, 7) is 2.63. The minimum Gasteiger partial charge on any atom is -0.480 e. The largest absolute Gasteiger partial charge is 0.480 e. The lowest BCUT2D eigenvalue weighted by Gasteiger charge is -2.19. The van der Waals surface area contributed by atoms with Crippen molar-refractivity contribution < 1.29 is 14.7 Å². The average molecular weight is 203 g/mol. The maximum absolute atomic E-state index is 11.3. The summed E-state index contributed by atoms with van der Waals surface area (Å²) in [5, 5.41) is 13.8. The van der Waals surface area contributed by atoms with Crippen molar-refractivity contribution >= 4 is 12.0 Å². The molecular formula is C8H17N3O3. The van der Waals surface area contributed by atoms with Gasteiger partial charge in [0, 0.05) is 20.1 Å². The summed E-state index contributed by atoms with van der Waals surface area (Å²) >= 11 is 0. The van der Waals surface area contributed by atoms with Crippen LogP contribution in [0.25, 0.3) is 0 Å². The van der Waals surface area contributed by atoms with Crippen LogP contribution >= 0.6 is 0 Å². The standard InChI is InChI=1S/C8H17N3O3/c1-6(7(12)13)10-8(14)11(3)5-4-9-2/h6,9H,4-5H2,1-3H3,(H,10,14)(H,12,13)/t6-/m0/s1. The van der Waals surface area contributed by atoms with Gasteiger partial charge in [-0.05, 0) is 14.0 Å². The Balaban J connectivity index is 3.88. The van der Waals surface area contributed by atoms with Gasteiger partial charge in [-0.1, -0.05) is 0 Å². The zero-order valence-electron chi connectivity index (χ0n) is 8.70. The van der Waals surface area contributed by atoms with E-state index in [2.05, 4.69) is 10.6 Å². The van der Waals surface area contributed by atoms with E-state index in [9.17, 15) is 9.59 Å². The SMILES string of the molecule is CNCCN(C)C(=O)N[C@@H](C)C(=O)O. The fraction of sp³-hybridized carbons (Fsp3) is 0.750. The van der Waals surface area contributed by atoms with Crippen molar-refractivity contribution in [3.05, 3.63) is 0 Å². The lowest BCUT2D eigenvalue weighted by Crippen LogP contribution is -2.46. The number of carbonyl (C=O) groups is 2. The van der Waals surface area contributed by atoms with Crippen molar-refractivity contribution in [1.82, 2.24) is 15.5 Å². The van der Waals surface area contributed by atoms with Gasteiger partial charge < -0.3 is 20.6 Å². The van der Waals surface area contributed by atoms with Gasteiger partial charge in [0.1, 0.15) is 6.04 Å². The van der Waals surface area contributed by atoms with E-state index < -0.39 is 12.0 Å². The van der Waals surface area contributed by atoms with Crippen LogP contribution in [0.5, 0.6) is 0 Å². The molecule has 0 saturated carbocycles. The maximum atomic E-state index is 11.3. The molecule has 0 unspecified atom stereocenters. The van der Waals surface area contributed by atoms with E-state index in [-0.39, 0.29) is 6.03 Å². The highest BCUT2D eigenvalue weighted by Crippen LogP contribution is 1.87. The van der Waals surface area contributed by atoms with E-state index in [1.807, 2.05) is 0 Å². The molecule has 0 radical (unpaired) electrons. The van der Waals surface area contributed by atoms with Crippen LogP contribution in [0.1, 0.15) is 6.92 Å². The smallest absolute Gasteiger partial charge is 0.325 e. The van der Waals surface area contributed by atoms with Gasteiger partial charge in [-0.25, -0.2) is 4.79 Å². The highest BCUT2D eigenvalue weighted by Gasteiger charge is 2.15. The van der Waals surface area contributed by atoms with E-state index in [0.717, 1.165) is 0 Å². The third kappa shape index (κ3) is 4.66. The molecule has 0 heterocycles. The fourth-order valence-corrected chi connectivity index (χ4v) is 0.738. The number of amides is 2. The molecule has 82 valence electrons. The average Bonchev–Trinajstić information content (AvgIpc) is 2.13. The maximum Gasteiger partial charge on any atom is 0.325 e. The summed E-state index contributed by atoms with van der Waals surface area (Å²) in [6, 6.07) is -1.24. The summed E-state index contributed by atoms with van der Waals surface area (Å²) in [6.07, 6.45) is 0. The molecule has 14 heavy (non-hydrogen) atoms. The number of hydrogen-bond acceptors (Lipinski definition) is 3. The molecule has 0 aliphatic rings. The molecule has 0 aromatic heterocycles. The highest BCUT2D eigenvalue weighted by molar-refractivity contribution is 5.82. The van der Waals surface area contributed by atoms with Gasteiger partial charge in [-0.2, -0.15) is 0 Å². The predicted octanol–water partition coefficient (Wildman–Crippen LogP) is -0.680. The number of nitrogens with one attached hydrogen (secondary N) is 2. The normalized spacial score (nSPS) is 11.9. The number of carboxylic acids is 1. The molecule has 0 rings (SSSR count). The minimum atomic E-state index is -1.04. The molecule has 6 nitrogen and oxygen atoms in total. The molecule has 3 N–H and O–H groups in total. The first-order valence-corrected chi connectivity index (χ1v) is 4.38. The van der Waals surface area contributed by atoms with Crippen LogP contribution in [-0.4, -0.2) is 55.2 Å². The number of rotatable bonds is 5. The Hall–Kier alpha value is -1.30. The van der Waals surface area contributed by atoms with Gasteiger partial charge in [-0.15, -0.1) is 0 Å². The minimum absolute atomic E-state index is 0.379. The van der Waals surface area contributed by atoms with Crippen molar-refractivity contribution in [3.63, 3.8) is 0 Å². The van der Waals surface area contributed by atoms with Crippen LogP contribution < -0.4 is 10.6 Å². The molecule has 1 atom stereocenters. The van der Waals surface area contributed by atoms with Crippen LogP contribution in [0.4, 0.5) is 4.79 Å². The number of carboxylic acid groups (broad SMARTS) is 1. The molecule has 0 bridgehead atoms. The molecule has 0 fully saturated rings. The van der Waals surface area contributed by atoms with E-state index >= 15 is 0 Å². The summed E-state index contributed by atoms with van der Waals surface area (Å²) < 4.78 is 0. The molecule has 0 saturated heterocycles. The summed E-state index contributed by atoms with van der Waals surface area (Å²) in [7, 11) is 3.40. The van der Waals surface area contributed by atoms with Crippen LogP contribution in [0.15, 0.2) is 0 Å². The van der Waals surface area contributed by atoms with Gasteiger partial charge >= 0.3 is 12.0 Å². The number of likely N-dealkylation sites (N-methyl/N-ethyl adjacent to an activating group) is 2. The number of urea groups is 1. The van der Waals surface area contributed by atoms with Gasteiger partial charge in [0.25, 0.3) is 0 Å². The van der Waals surface area contributed by atoms with Crippen LogP contribution in [0.3, 0.4) is 0 Å². The van der Waals surface area contributed by atoms with Crippen molar-refractivity contribution in [2.45, 2.75) is 13.0 Å². The summed E-state index contributed by atoms with van der Waals surface area (Å²) in [5.74, 6) is -1.04. The summed E-state index contributed by atoms with van der Waals surface area (Å²) in [4.78, 5) is 23.1. The first-order chi connectivity index (χ1) is 6.49. The second kappa shape index (κ2) is 6.20. The second-order valence-corrected chi connectivity index (χ2v) is 3.03. The molecule has 6 heteroatoms. The quantitative estimate of drug-likeness (QED) is 0.553. The Bertz CT molecular complexity index is 208. The highest BCUT2D eigenvalue weighted by atomic mass is 16.4. The Morgan fingerprint density at radius 1 is 1.50 bits per heavy atom. The number of carbonyl (C=O) groups excluding carboxylic acids is 1. The van der Waals surface area contributed by atoms with Crippen molar-refractivity contribution in [2.24, 2.45) is 0 Å². The van der Waals surface area contributed by atoms with Gasteiger partial charge in [-0.3, -0.25) is 4.79 Å². The van der Waals surface area contributed by atoms with Crippen LogP contribution in [0, 0.1) is 0 Å².